The van der Waals surface area contributed by atoms with E-state index in [9.17, 15) is 10.1 Å². The Hall–Kier alpha value is -2.15. The molecule has 0 aliphatic rings. The Labute approximate surface area is 111 Å². The summed E-state index contributed by atoms with van der Waals surface area (Å²) in [4.78, 5) is 10.4. The van der Waals surface area contributed by atoms with Gasteiger partial charge in [-0.05, 0) is 19.4 Å². The summed E-state index contributed by atoms with van der Waals surface area (Å²) in [5.41, 5.74) is 6.14. The number of nitro groups is 1. The van der Waals surface area contributed by atoms with Crippen molar-refractivity contribution < 1.29 is 10.1 Å². The lowest BCUT2D eigenvalue weighted by molar-refractivity contribution is -0.385. The van der Waals surface area contributed by atoms with Crippen LogP contribution in [0.1, 0.15) is 24.8 Å². The molecule has 0 aliphatic heterocycles. The lowest BCUT2D eigenvalue weighted by Crippen LogP contribution is -2.17. The molecule has 104 valence electrons. The average molecular weight is 266 g/mol. The van der Waals surface area contributed by atoms with Crippen molar-refractivity contribution in [2.45, 2.75) is 25.8 Å². The van der Waals surface area contributed by atoms with E-state index in [0.717, 1.165) is 19.4 Å². The number of para-hydroxylation sites is 1. The topological polar surface area (TPSA) is 114 Å². The highest BCUT2D eigenvalue weighted by atomic mass is 16.6. The monoisotopic (exact) mass is 266 g/mol. The minimum Gasteiger partial charge on any atom is -0.409 e. The van der Waals surface area contributed by atoms with E-state index in [1.165, 1.54) is 6.07 Å². The fourth-order valence-corrected chi connectivity index (χ4v) is 1.67. The predicted molar refractivity (Wildman–Crippen MR) is 72.1 cm³/mol. The van der Waals surface area contributed by atoms with Crippen LogP contribution in [0, 0.1) is 10.1 Å². The minimum absolute atomic E-state index is 0.131. The van der Waals surface area contributed by atoms with Gasteiger partial charge in [-0.25, -0.2) is 0 Å². The quantitative estimate of drug-likeness (QED) is 0.165. The van der Waals surface area contributed by atoms with Crippen molar-refractivity contribution in [3.05, 3.63) is 39.9 Å². The molecule has 1 aromatic carbocycles. The summed E-state index contributed by atoms with van der Waals surface area (Å²) in [6.45, 7) is 1.19. The number of hydrogen-bond donors (Lipinski definition) is 3. The molecule has 7 heteroatoms. The number of nitro benzene ring substituents is 1. The van der Waals surface area contributed by atoms with E-state index in [1.54, 1.807) is 18.2 Å². The Kier molecular flexibility index (Phi) is 6.31. The van der Waals surface area contributed by atoms with Gasteiger partial charge in [0.25, 0.3) is 5.69 Å². The first kappa shape index (κ1) is 14.9. The summed E-state index contributed by atoms with van der Waals surface area (Å²) in [5, 5.41) is 25.2. The first-order chi connectivity index (χ1) is 9.15. The molecule has 0 aliphatic carbocycles. The Morgan fingerprint density at radius 2 is 2.16 bits per heavy atom. The number of amidine groups is 1. The van der Waals surface area contributed by atoms with Crippen LogP contribution in [0.2, 0.25) is 0 Å². The third-order valence-electron chi connectivity index (χ3n) is 2.67. The number of oxime groups is 1. The number of rotatable bonds is 8. The van der Waals surface area contributed by atoms with Crippen LogP contribution in [-0.2, 0) is 6.54 Å². The molecule has 0 fully saturated rings. The number of hydrogen-bond acceptors (Lipinski definition) is 5. The molecule has 0 atom stereocenters. The number of nitrogens with zero attached hydrogens (tertiary/aromatic N) is 2. The van der Waals surface area contributed by atoms with Crippen LogP contribution >= 0.6 is 0 Å². The molecule has 0 spiro atoms. The zero-order chi connectivity index (χ0) is 14.1. The fraction of sp³-hybridized carbons (Fsp3) is 0.417. The molecular formula is C12H18N4O3. The standard InChI is InChI=1S/C12H18N4O3/c13-12(15-17)7-3-4-8-14-9-10-5-1-2-6-11(10)16(18)19/h1-2,5-6,14,17H,3-4,7-9H2,(H2,13,15). The van der Waals surface area contributed by atoms with Crippen molar-refractivity contribution in [1.82, 2.24) is 5.32 Å². The molecule has 4 N–H and O–H groups in total. The van der Waals surface area contributed by atoms with Gasteiger partial charge in [-0.3, -0.25) is 10.1 Å². The van der Waals surface area contributed by atoms with Gasteiger partial charge in [-0.2, -0.15) is 0 Å². The molecule has 0 unspecified atom stereocenters. The van der Waals surface area contributed by atoms with E-state index in [2.05, 4.69) is 10.5 Å². The maximum Gasteiger partial charge on any atom is 0.273 e. The largest absolute Gasteiger partial charge is 0.409 e. The second kappa shape index (κ2) is 8.04. The maximum atomic E-state index is 10.8. The van der Waals surface area contributed by atoms with E-state index in [-0.39, 0.29) is 16.4 Å². The van der Waals surface area contributed by atoms with Crippen LogP contribution in [0.25, 0.3) is 0 Å². The van der Waals surface area contributed by atoms with E-state index in [1.807, 2.05) is 0 Å². The minimum atomic E-state index is -0.380. The van der Waals surface area contributed by atoms with Gasteiger partial charge in [0.05, 0.1) is 4.92 Å². The van der Waals surface area contributed by atoms with Crippen LogP contribution in [0.5, 0.6) is 0 Å². The third kappa shape index (κ3) is 5.35. The Morgan fingerprint density at radius 3 is 2.84 bits per heavy atom. The highest BCUT2D eigenvalue weighted by Gasteiger charge is 2.10. The van der Waals surface area contributed by atoms with E-state index in [0.29, 0.717) is 18.5 Å². The third-order valence-corrected chi connectivity index (χ3v) is 2.67. The SMILES string of the molecule is NC(CCCCNCc1ccccc1[N+](=O)[O-])=NO. The second-order valence-corrected chi connectivity index (χ2v) is 4.11. The average Bonchev–Trinajstić information content (AvgIpc) is 2.42. The van der Waals surface area contributed by atoms with Crippen molar-refractivity contribution >= 4 is 11.5 Å². The lowest BCUT2D eigenvalue weighted by atomic mass is 10.1. The Balaban J connectivity index is 2.28. The first-order valence-electron chi connectivity index (χ1n) is 6.04. The maximum absolute atomic E-state index is 10.8. The molecule has 0 bridgehead atoms. The molecule has 19 heavy (non-hydrogen) atoms. The highest BCUT2D eigenvalue weighted by Crippen LogP contribution is 2.16. The summed E-state index contributed by atoms with van der Waals surface area (Å²) in [6.07, 6.45) is 2.21. The van der Waals surface area contributed by atoms with Crippen LogP contribution in [0.3, 0.4) is 0 Å². The molecule has 1 aromatic rings. The van der Waals surface area contributed by atoms with Gasteiger partial charge < -0.3 is 16.3 Å². The van der Waals surface area contributed by atoms with Crippen molar-refractivity contribution in [2.24, 2.45) is 10.9 Å². The van der Waals surface area contributed by atoms with Gasteiger partial charge in [-0.1, -0.05) is 23.4 Å². The predicted octanol–water partition coefficient (Wildman–Crippen LogP) is 1.60. The number of nitrogens with two attached hydrogens (primary N) is 1. The van der Waals surface area contributed by atoms with Gasteiger partial charge in [0.15, 0.2) is 0 Å². The summed E-state index contributed by atoms with van der Waals surface area (Å²) in [7, 11) is 0. The molecule has 0 saturated carbocycles. The molecule has 0 radical (unpaired) electrons. The molecule has 0 heterocycles. The zero-order valence-corrected chi connectivity index (χ0v) is 10.6. The number of benzene rings is 1. The van der Waals surface area contributed by atoms with Gasteiger partial charge in [-0.15, -0.1) is 0 Å². The van der Waals surface area contributed by atoms with E-state index < -0.39 is 0 Å². The van der Waals surface area contributed by atoms with Crippen molar-refractivity contribution in [3.8, 4) is 0 Å². The van der Waals surface area contributed by atoms with E-state index in [4.69, 9.17) is 10.9 Å². The lowest BCUT2D eigenvalue weighted by Gasteiger charge is -2.05. The summed E-state index contributed by atoms with van der Waals surface area (Å²) < 4.78 is 0. The first-order valence-corrected chi connectivity index (χ1v) is 6.04. The molecular weight excluding hydrogens is 248 g/mol. The smallest absolute Gasteiger partial charge is 0.273 e. The van der Waals surface area contributed by atoms with Gasteiger partial charge in [0.1, 0.15) is 5.84 Å². The molecule has 7 nitrogen and oxygen atoms in total. The van der Waals surface area contributed by atoms with E-state index >= 15 is 0 Å². The second-order valence-electron chi connectivity index (χ2n) is 4.11. The molecule has 0 saturated heterocycles. The van der Waals surface area contributed by atoms with Gasteiger partial charge in [0, 0.05) is 24.6 Å². The number of unbranched alkanes of at least 4 members (excludes halogenated alkanes) is 1. The van der Waals surface area contributed by atoms with Gasteiger partial charge >= 0.3 is 0 Å². The normalized spacial score (nSPS) is 11.5. The van der Waals surface area contributed by atoms with Gasteiger partial charge in [0.2, 0.25) is 0 Å². The zero-order valence-electron chi connectivity index (χ0n) is 10.6. The molecule has 0 amide bonds. The Morgan fingerprint density at radius 1 is 1.42 bits per heavy atom. The van der Waals surface area contributed by atoms with Crippen LogP contribution < -0.4 is 11.1 Å². The highest BCUT2D eigenvalue weighted by molar-refractivity contribution is 5.79. The number of nitrogens with one attached hydrogen (secondary N) is 1. The Bertz CT molecular complexity index is 448. The van der Waals surface area contributed by atoms with Crippen LogP contribution in [0.15, 0.2) is 29.4 Å². The van der Waals surface area contributed by atoms with Crippen LogP contribution in [0.4, 0.5) is 5.69 Å². The summed E-state index contributed by atoms with van der Waals surface area (Å²) >= 11 is 0. The summed E-state index contributed by atoms with van der Waals surface area (Å²) in [5.74, 6) is 0.221. The fourth-order valence-electron chi connectivity index (χ4n) is 1.67. The molecule has 0 aromatic heterocycles. The molecule has 1 rings (SSSR count). The van der Waals surface area contributed by atoms with Crippen molar-refractivity contribution in [1.29, 1.82) is 0 Å². The summed E-state index contributed by atoms with van der Waals surface area (Å²) in [6, 6.07) is 6.66. The van der Waals surface area contributed by atoms with Crippen LogP contribution in [-0.4, -0.2) is 22.5 Å². The van der Waals surface area contributed by atoms with Crippen molar-refractivity contribution in [3.63, 3.8) is 0 Å². The van der Waals surface area contributed by atoms with Crippen molar-refractivity contribution in [2.75, 3.05) is 6.54 Å².